The molecule has 2 heterocycles. The van der Waals surface area contributed by atoms with Gasteiger partial charge in [-0.3, -0.25) is 19.4 Å². The summed E-state index contributed by atoms with van der Waals surface area (Å²) in [7, 11) is 0. The molecule has 2 aromatic carbocycles. The third-order valence-electron chi connectivity index (χ3n) is 5.31. The average molecular weight is 469 g/mol. The van der Waals surface area contributed by atoms with E-state index in [0.717, 1.165) is 5.56 Å². The van der Waals surface area contributed by atoms with Crippen molar-refractivity contribution in [3.8, 4) is 11.5 Å². The van der Waals surface area contributed by atoms with Gasteiger partial charge in [-0.05, 0) is 43.2 Å². The Kier molecular flexibility index (Phi) is 7.42. The molecule has 0 fully saturated rings. The topological polar surface area (TPSA) is 114 Å². The summed E-state index contributed by atoms with van der Waals surface area (Å²) in [5.74, 6) is -0.554. The van der Waals surface area contributed by atoms with E-state index in [1.165, 1.54) is 0 Å². The number of carbonyl (C=O) groups excluding carboxylic acids is 3. The molecule has 8 heteroatoms. The van der Waals surface area contributed by atoms with Gasteiger partial charge in [-0.1, -0.05) is 42.5 Å². The molecule has 0 atom stereocenters. The van der Waals surface area contributed by atoms with Crippen molar-refractivity contribution in [1.29, 1.82) is 0 Å². The Labute approximate surface area is 202 Å². The van der Waals surface area contributed by atoms with E-state index in [2.05, 4.69) is 20.6 Å². The largest absolute Gasteiger partial charge is 0.441 e. The number of nitrogens with zero attached hydrogens (tertiary/aromatic N) is 2. The second-order valence-electron chi connectivity index (χ2n) is 7.89. The van der Waals surface area contributed by atoms with Crippen LogP contribution in [0.4, 0.5) is 5.69 Å². The average Bonchev–Trinajstić information content (AvgIpc) is 3.27. The quantitative estimate of drug-likeness (QED) is 0.282. The predicted molar refractivity (Wildman–Crippen MR) is 130 cm³/mol. The highest BCUT2D eigenvalue weighted by Gasteiger charge is 2.18. The van der Waals surface area contributed by atoms with Crippen molar-refractivity contribution in [2.75, 3.05) is 5.32 Å². The molecule has 0 aliphatic heterocycles. The van der Waals surface area contributed by atoms with Crippen LogP contribution in [0.5, 0.6) is 0 Å². The van der Waals surface area contributed by atoms with Gasteiger partial charge in [0.05, 0.1) is 6.54 Å². The molecule has 0 spiro atoms. The van der Waals surface area contributed by atoms with Crippen LogP contribution < -0.4 is 10.6 Å². The molecule has 0 bridgehead atoms. The summed E-state index contributed by atoms with van der Waals surface area (Å²) in [4.78, 5) is 45.4. The van der Waals surface area contributed by atoms with Crippen molar-refractivity contribution in [1.82, 2.24) is 15.3 Å². The van der Waals surface area contributed by atoms with Crippen molar-refractivity contribution in [2.45, 2.75) is 26.3 Å². The Morgan fingerprint density at radius 1 is 0.971 bits per heavy atom. The summed E-state index contributed by atoms with van der Waals surface area (Å²) < 4.78 is 5.78. The molecule has 0 radical (unpaired) electrons. The maximum atomic E-state index is 12.4. The number of oxazole rings is 1. The van der Waals surface area contributed by atoms with Crippen LogP contribution in [0.2, 0.25) is 0 Å². The first-order valence-corrected chi connectivity index (χ1v) is 11.1. The summed E-state index contributed by atoms with van der Waals surface area (Å²) in [6, 6.07) is 19.3. The van der Waals surface area contributed by atoms with Gasteiger partial charge in [0.2, 0.25) is 17.6 Å². The van der Waals surface area contributed by atoms with Crippen molar-refractivity contribution in [3.05, 3.63) is 102 Å². The SMILES string of the molecule is Cc1oc(-c2cccc(NC(=O)CCc3cccnc3)c2)nc1CNC(=O)C(=O)c1ccccc1. The molecule has 4 aromatic rings. The van der Waals surface area contributed by atoms with E-state index in [1.54, 1.807) is 67.8 Å². The highest BCUT2D eigenvalue weighted by molar-refractivity contribution is 6.42. The van der Waals surface area contributed by atoms with Crippen LogP contribution in [0.15, 0.2) is 83.5 Å². The number of amides is 2. The van der Waals surface area contributed by atoms with Crippen molar-refractivity contribution < 1.29 is 18.8 Å². The maximum absolute atomic E-state index is 12.4. The Bertz CT molecular complexity index is 1330. The van der Waals surface area contributed by atoms with E-state index in [4.69, 9.17) is 4.42 Å². The smallest absolute Gasteiger partial charge is 0.292 e. The Morgan fingerprint density at radius 3 is 2.57 bits per heavy atom. The fourth-order valence-electron chi connectivity index (χ4n) is 3.44. The lowest BCUT2D eigenvalue weighted by Gasteiger charge is -2.06. The van der Waals surface area contributed by atoms with Gasteiger partial charge >= 0.3 is 0 Å². The van der Waals surface area contributed by atoms with Crippen molar-refractivity contribution >= 4 is 23.3 Å². The number of anilines is 1. The van der Waals surface area contributed by atoms with Crippen LogP contribution in [0.25, 0.3) is 11.5 Å². The predicted octanol–water partition coefficient (Wildman–Crippen LogP) is 4.12. The zero-order valence-corrected chi connectivity index (χ0v) is 19.2. The molecule has 176 valence electrons. The molecule has 4 rings (SSSR count). The molecule has 2 amide bonds. The number of carbonyl (C=O) groups is 3. The molecule has 2 aromatic heterocycles. The first-order valence-electron chi connectivity index (χ1n) is 11.1. The minimum atomic E-state index is -0.712. The molecule has 0 saturated carbocycles. The summed E-state index contributed by atoms with van der Waals surface area (Å²) in [5.41, 5.74) is 3.13. The van der Waals surface area contributed by atoms with Gasteiger partial charge in [0.15, 0.2) is 0 Å². The number of rotatable bonds is 9. The van der Waals surface area contributed by atoms with E-state index >= 15 is 0 Å². The number of Topliss-reactive ketones (excluding diaryl/α,β-unsaturated/α-hetero) is 1. The first kappa shape index (κ1) is 23.6. The zero-order chi connectivity index (χ0) is 24.6. The van der Waals surface area contributed by atoms with Crippen LogP contribution in [-0.4, -0.2) is 27.6 Å². The van der Waals surface area contributed by atoms with Gasteiger partial charge in [0, 0.05) is 35.6 Å². The first-order chi connectivity index (χ1) is 17.0. The van der Waals surface area contributed by atoms with Gasteiger partial charge < -0.3 is 15.1 Å². The van der Waals surface area contributed by atoms with Crippen LogP contribution in [0.1, 0.15) is 33.8 Å². The number of aryl methyl sites for hydroxylation is 2. The van der Waals surface area contributed by atoms with Gasteiger partial charge in [0.1, 0.15) is 11.5 Å². The summed E-state index contributed by atoms with van der Waals surface area (Å²) in [5, 5.41) is 5.48. The number of hydrogen-bond donors (Lipinski definition) is 2. The van der Waals surface area contributed by atoms with E-state index in [9.17, 15) is 14.4 Å². The lowest BCUT2D eigenvalue weighted by atomic mass is 10.1. The Balaban J connectivity index is 1.36. The molecular weight excluding hydrogens is 444 g/mol. The number of ketones is 1. The molecule has 0 unspecified atom stereocenters. The fraction of sp³-hybridized carbons (Fsp3) is 0.148. The number of benzene rings is 2. The summed E-state index contributed by atoms with van der Waals surface area (Å²) in [6.07, 6.45) is 4.37. The molecule has 8 nitrogen and oxygen atoms in total. The lowest BCUT2D eigenvalue weighted by Crippen LogP contribution is -2.30. The molecule has 0 saturated heterocycles. The summed E-state index contributed by atoms with van der Waals surface area (Å²) >= 11 is 0. The third kappa shape index (κ3) is 6.26. The monoisotopic (exact) mass is 468 g/mol. The fourth-order valence-corrected chi connectivity index (χ4v) is 3.44. The van der Waals surface area contributed by atoms with Crippen LogP contribution >= 0.6 is 0 Å². The van der Waals surface area contributed by atoms with Crippen LogP contribution in [-0.2, 0) is 22.6 Å². The number of hydrogen-bond acceptors (Lipinski definition) is 6. The summed E-state index contributed by atoms with van der Waals surface area (Å²) in [6.45, 7) is 1.79. The second-order valence-corrected chi connectivity index (χ2v) is 7.89. The Hall–Kier alpha value is -4.59. The van der Waals surface area contributed by atoms with Gasteiger partial charge in [-0.2, -0.15) is 0 Å². The third-order valence-corrected chi connectivity index (χ3v) is 5.31. The molecule has 0 aliphatic carbocycles. The van der Waals surface area contributed by atoms with E-state index < -0.39 is 11.7 Å². The minimum Gasteiger partial charge on any atom is -0.441 e. The zero-order valence-electron chi connectivity index (χ0n) is 19.2. The lowest BCUT2D eigenvalue weighted by molar-refractivity contribution is -0.117. The number of pyridine rings is 1. The molecule has 0 aliphatic rings. The van der Waals surface area contributed by atoms with E-state index in [-0.39, 0.29) is 12.5 Å². The molecular formula is C27H24N4O4. The molecule has 2 N–H and O–H groups in total. The Morgan fingerprint density at radius 2 is 1.80 bits per heavy atom. The normalized spacial score (nSPS) is 10.5. The highest BCUT2D eigenvalue weighted by atomic mass is 16.4. The number of nitrogens with one attached hydrogen (secondary N) is 2. The van der Waals surface area contributed by atoms with Gasteiger partial charge in [0.25, 0.3) is 5.91 Å². The maximum Gasteiger partial charge on any atom is 0.292 e. The van der Waals surface area contributed by atoms with Crippen LogP contribution in [0.3, 0.4) is 0 Å². The van der Waals surface area contributed by atoms with Crippen molar-refractivity contribution in [3.63, 3.8) is 0 Å². The highest BCUT2D eigenvalue weighted by Crippen LogP contribution is 2.24. The van der Waals surface area contributed by atoms with E-state index in [0.29, 0.717) is 47.0 Å². The van der Waals surface area contributed by atoms with Gasteiger partial charge in [-0.15, -0.1) is 0 Å². The van der Waals surface area contributed by atoms with E-state index in [1.807, 2.05) is 18.2 Å². The number of aromatic nitrogens is 2. The van der Waals surface area contributed by atoms with Crippen LogP contribution in [0, 0.1) is 6.92 Å². The van der Waals surface area contributed by atoms with Gasteiger partial charge in [-0.25, -0.2) is 4.98 Å². The van der Waals surface area contributed by atoms with Crippen molar-refractivity contribution in [2.24, 2.45) is 0 Å². The standard InChI is InChI=1S/C27H24N4O4/c1-18-23(17-29-26(34)25(33)20-8-3-2-4-9-20)31-27(35-18)21-10-5-11-22(15-21)30-24(32)13-12-19-7-6-14-28-16-19/h2-11,14-16H,12-13,17H2,1H3,(H,29,34)(H,30,32). The molecule has 35 heavy (non-hydrogen) atoms. The second kappa shape index (κ2) is 11.0. The minimum absolute atomic E-state index is 0.0531.